The molecular formula is C14H16N4O2. The van der Waals surface area contributed by atoms with E-state index in [1.54, 1.807) is 18.5 Å². The number of pyridine rings is 1. The molecule has 1 atom stereocenters. The number of rotatable bonds is 2. The summed E-state index contributed by atoms with van der Waals surface area (Å²) >= 11 is 0. The van der Waals surface area contributed by atoms with E-state index in [0.29, 0.717) is 18.0 Å². The quantitative estimate of drug-likeness (QED) is 0.888. The Morgan fingerprint density at radius 3 is 3.20 bits per heavy atom. The van der Waals surface area contributed by atoms with Crippen LogP contribution in [0.3, 0.4) is 0 Å². The van der Waals surface area contributed by atoms with Crippen molar-refractivity contribution in [1.29, 1.82) is 0 Å². The summed E-state index contributed by atoms with van der Waals surface area (Å²) in [4.78, 5) is 18.3. The Kier molecular flexibility index (Phi) is 3.47. The standard InChI is InChI=1S/C14H16N4O2/c1-10-8-16-5-6-18(10)14(19)12-7-13(20-17-12)11-3-2-4-15-9-11/h2-4,7,9-10,16H,5-6,8H2,1H3/t10-/m1/s1. The monoisotopic (exact) mass is 272 g/mol. The molecular weight excluding hydrogens is 256 g/mol. The molecule has 0 aromatic carbocycles. The highest BCUT2D eigenvalue weighted by Crippen LogP contribution is 2.20. The number of hydrogen-bond donors (Lipinski definition) is 1. The van der Waals surface area contributed by atoms with E-state index >= 15 is 0 Å². The van der Waals surface area contributed by atoms with Gasteiger partial charge >= 0.3 is 0 Å². The number of nitrogens with zero attached hydrogens (tertiary/aromatic N) is 3. The zero-order valence-corrected chi connectivity index (χ0v) is 11.2. The van der Waals surface area contributed by atoms with Gasteiger partial charge in [-0.2, -0.15) is 0 Å². The number of piperazine rings is 1. The van der Waals surface area contributed by atoms with E-state index in [-0.39, 0.29) is 11.9 Å². The summed E-state index contributed by atoms with van der Waals surface area (Å²) in [5.74, 6) is 0.474. The minimum Gasteiger partial charge on any atom is -0.355 e. The molecule has 2 aromatic heterocycles. The van der Waals surface area contributed by atoms with Crippen LogP contribution >= 0.6 is 0 Å². The van der Waals surface area contributed by atoms with Gasteiger partial charge in [-0.15, -0.1) is 0 Å². The summed E-state index contributed by atoms with van der Waals surface area (Å²) in [6.45, 7) is 4.32. The van der Waals surface area contributed by atoms with Crippen molar-refractivity contribution in [2.75, 3.05) is 19.6 Å². The van der Waals surface area contributed by atoms with Crippen molar-refractivity contribution in [1.82, 2.24) is 20.4 Å². The van der Waals surface area contributed by atoms with Gasteiger partial charge in [0, 0.05) is 49.7 Å². The summed E-state index contributed by atoms with van der Waals surface area (Å²) in [5.41, 5.74) is 1.16. The Bertz CT molecular complexity index is 596. The van der Waals surface area contributed by atoms with Crippen LogP contribution in [-0.2, 0) is 0 Å². The Balaban J connectivity index is 1.81. The Morgan fingerprint density at radius 2 is 2.45 bits per heavy atom. The molecule has 0 spiro atoms. The van der Waals surface area contributed by atoms with E-state index in [1.807, 2.05) is 24.0 Å². The molecule has 3 heterocycles. The molecule has 1 fully saturated rings. The minimum absolute atomic E-state index is 0.0853. The number of carbonyl (C=O) groups is 1. The lowest BCUT2D eigenvalue weighted by Crippen LogP contribution is -2.52. The van der Waals surface area contributed by atoms with E-state index in [4.69, 9.17) is 4.52 Å². The third-order valence-corrected chi connectivity index (χ3v) is 3.44. The topological polar surface area (TPSA) is 71.3 Å². The van der Waals surface area contributed by atoms with Crippen molar-refractivity contribution in [3.8, 4) is 11.3 Å². The lowest BCUT2D eigenvalue weighted by molar-refractivity contribution is 0.0645. The second-order valence-electron chi connectivity index (χ2n) is 4.87. The summed E-state index contributed by atoms with van der Waals surface area (Å²) in [5, 5.41) is 7.14. The van der Waals surface area contributed by atoms with Crippen LogP contribution in [0.4, 0.5) is 0 Å². The average molecular weight is 272 g/mol. The molecule has 1 aliphatic heterocycles. The number of hydrogen-bond acceptors (Lipinski definition) is 5. The highest BCUT2D eigenvalue weighted by atomic mass is 16.5. The van der Waals surface area contributed by atoms with Crippen molar-refractivity contribution in [3.05, 3.63) is 36.3 Å². The molecule has 2 aromatic rings. The Morgan fingerprint density at radius 1 is 1.55 bits per heavy atom. The van der Waals surface area contributed by atoms with Gasteiger partial charge in [0.2, 0.25) is 0 Å². The molecule has 0 saturated carbocycles. The molecule has 20 heavy (non-hydrogen) atoms. The van der Waals surface area contributed by atoms with E-state index in [2.05, 4.69) is 15.5 Å². The minimum atomic E-state index is -0.0853. The molecule has 0 unspecified atom stereocenters. The van der Waals surface area contributed by atoms with Gasteiger partial charge in [0.15, 0.2) is 11.5 Å². The van der Waals surface area contributed by atoms with Gasteiger partial charge in [-0.05, 0) is 19.1 Å². The molecule has 1 amide bonds. The van der Waals surface area contributed by atoms with Crippen LogP contribution < -0.4 is 5.32 Å². The zero-order valence-electron chi connectivity index (χ0n) is 11.2. The lowest BCUT2D eigenvalue weighted by atomic mass is 10.2. The first kappa shape index (κ1) is 12.8. The van der Waals surface area contributed by atoms with Crippen LogP contribution in [0.25, 0.3) is 11.3 Å². The number of aromatic nitrogens is 2. The highest BCUT2D eigenvalue weighted by Gasteiger charge is 2.26. The fraction of sp³-hybridized carbons (Fsp3) is 0.357. The van der Waals surface area contributed by atoms with E-state index in [9.17, 15) is 4.79 Å². The zero-order chi connectivity index (χ0) is 13.9. The molecule has 0 aliphatic carbocycles. The van der Waals surface area contributed by atoms with Crippen LogP contribution in [0.2, 0.25) is 0 Å². The molecule has 6 heteroatoms. The van der Waals surface area contributed by atoms with Crippen molar-refractivity contribution in [2.24, 2.45) is 0 Å². The van der Waals surface area contributed by atoms with Gasteiger partial charge in [-0.25, -0.2) is 0 Å². The lowest BCUT2D eigenvalue weighted by Gasteiger charge is -2.33. The van der Waals surface area contributed by atoms with Crippen LogP contribution in [0.15, 0.2) is 35.1 Å². The predicted molar refractivity (Wildman–Crippen MR) is 73.1 cm³/mol. The van der Waals surface area contributed by atoms with Crippen LogP contribution in [0, 0.1) is 0 Å². The van der Waals surface area contributed by atoms with Gasteiger partial charge < -0.3 is 14.7 Å². The van der Waals surface area contributed by atoms with Gasteiger partial charge in [-0.3, -0.25) is 9.78 Å². The smallest absolute Gasteiger partial charge is 0.276 e. The van der Waals surface area contributed by atoms with E-state index in [0.717, 1.165) is 18.7 Å². The van der Waals surface area contributed by atoms with Crippen molar-refractivity contribution >= 4 is 5.91 Å². The molecule has 3 rings (SSSR count). The molecule has 0 bridgehead atoms. The normalized spacial score (nSPS) is 19.1. The van der Waals surface area contributed by atoms with Crippen molar-refractivity contribution in [2.45, 2.75) is 13.0 Å². The fourth-order valence-corrected chi connectivity index (χ4v) is 2.31. The maximum absolute atomic E-state index is 12.4. The van der Waals surface area contributed by atoms with Gasteiger partial charge in [-0.1, -0.05) is 5.16 Å². The second-order valence-corrected chi connectivity index (χ2v) is 4.87. The molecule has 6 nitrogen and oxygen atoms in total. The number of nitrogens with one attached hydrogen (secondary N) is 1. The maximum Gasteiger partial charge on any atom is 0.276 e. The molecule has 1 N–H and O–H groups in total. The van der Waals surface area contributed by atoms with Gasteiger partial charge in [0.25, 0.3) is 5.91 Å². The van der Waals surface area contributed by atoms with Crippen LogP contribution in [0.5, 0.6) is 0 Å². The third kappa shape index (κ3) is 2.42. The first-order valence-corrected chi connectivity index (χ1v) is 6.64. The third-order valence-electron chi connectivity index (χ3n) is 3.44. The number of amides is 1. The van der Waals surface area contributed by atoms with Crippen LogP contribution in [-0.4, -0.2) is 46.6 Å². The van der Waals surface area contributed by atoms with Crippen molar-refractivity contribution < 1.29 is 9.32 Å². The van der Waals surface area contributed by atoms with Gasteiger partial charge in [0.1, 0.15) is 0 Å². The first-order valence-electron chi connectivity index (χ1n) is 6.64. The van der Waals surface area contributed by atoms with Crippen molar-refractivity contribution in [3.63, 3.8) is 0 Å². The molecule has 1 saturated heterocycles. The predicted octanol–water partition coefficient (Wildman–Crippen LogP) is 1.17. The SMILES string of the molecule is C[C@@H]1CNCCN1C(=O)c1cc(-c2cccnc2)on1. The number of carbonyl (C=O) groups excluding carboxylic acids is 1. The second kappa shape index (κ2) is 5.42. The van der Waals surface area contributed by atoms with Gasteiger partial charge in [0.05, 0.1) is 0 Å². The Hall–Kier alpha value is -2.21. The highest BCUT2D eigenvalue weighted by molar-refractivity contribution is 5.93. The Labute approximate surface area is 116 Å². The molecule has 104 valence electrons. The molecule has 1 aliphatic rings. The largest absolute Gasteiger partial charge is 0.355 e. The van der Waals surface area contributed by atoms with Crippen LogP contribution in [0.1, 0.15) is 17.4 Å². The summed E-state index contributed by atoms with van der Waals surface area (Å²) in [6.07, 6.45) is 3.37. The van der Waals surface area contributed by atoms with E-state index < -0.39 is 0 Å². The molecule has 0 radical (unpaired) electrons. The average Bonchev–Trinajstić information content (AvgIpc) is 2.98. The maximum atomic E-state index is 12.4. The summed E-state index contributed by atoms with van der Waals surface area (Å²) < 4.78 is 5.24. The van der Waals surface area contributed by atoms with E-state index in [1.165, 1.54) is 0 Å². The summed E-state index contributed by atoms with van der Waals surface area (Å²) in [7, 11) is 0. The fourth-order valence-electron chi connectivity index (χ4n) is 2.31. The first-order chi connectivity index (χ1) is 9.75. The summed E-state index contributed by atoms with van der Waals surface area (Å²) in [6, 6.07) is 5.52.